The molecule has 0 fully saturated rings. The van der Waals surface area contributed by atoms with E-state index in [9.17, 15) is 13.2 Å². The van der Waals surface area contributed by atoms with Crippen LogP contribution in [0.1, 0.15) is 29.7 Å². The van der Waals surface area contributed by atoms with Gasteiger partial charge in [-0.15, -0.1) is 0 Å². The minimum absolute atomic E-state index is 0.142. The number of halogens is 4. The quantitative estimate of drug-likeness (QED) is 0.883. The number of alkyl halides is 3. The lowest BCUT2D eigenvalue weighted by Gasteiger charge is -2.26. The first-order valence-corrected chi connectivity index (χ1v) is 6.67. The fourth-order valence-corrected chi connectivity index (χ4v) is 2.64. The molecule has 1 aromatic carbocycles. The van der Waals surface area contributed by atoms with Crippen LogP contribution in [-0.2, 0) is 0 Å². The van der Waals surface area contributed by atoms with Crippen molar-refractivity contribution in [1.82, 2.24) is 5.32 Å². The molecule has 0 saturated carbocycles. The second-order valence-corrected chi connectivity index (χ2v) is 5.13. The van der Waals surface area contributed by atoms with Gasteiger partial charge < -0.3 is 10.1 Å². The minimum Gasteiger partial charge on any atom is -0.496 e. The van der Waals surface area contributed by atoms with Crippen molar-refractivity contribution in [3.63, 3.8) is 0 Å². The number of hydrogen-bond acceptors (Lipinski definition) is 2. The number of nitrogens with one attached hydrogen (secondary N) is 1. The zero-order valence-corrected chi connectivity index (χ0v) is 12.9. The van der Waals surface area contributed by atoms with Crippen LogP contribution < -0.4 is 10.1 Å². The molecule has 0 aliphatic rings. The molecule has 1 aromatic rings. The summed E-state index contributed by atoms with van der Waals surface area (Å²) in [5.74, 6) is 0.281. The Morgan fingerprint density at radius 1 is 1.37 bits per heavy atom. The summed E-state index contributed by atoms with van der Waals surface area (Å²) in [5.41, 5.74) is 1.34. The van der Waals surface area contributed by atoms with E-state index in [0.29, 0.717) is 15.6 Å². The Kier molecular flexibility index (Phi) is 5.26. The molecule has 2 nitrogen and oxygen atoms in total. The summed E-state index contributed by atoms with van der Waals surface area (Å²) in [6, 6.07) is 0.0282. The predicted molar refractivity (Wildman–Crippen MR) is 72.6 cm³/mol. The molecule has 0 amide bonds. The van der Waals surface area contributed by atoms with Gasteiger partial charge in [0.2, 0.25) is 0 Å². The monoisotopic (exact) mass is 339 g/mol. The summed E-state index contributed by atoms with van der Waals surface area (Å²) in [5, 5.41) is 2.48. The third kappa shape index (κ3) is 3.42. The van der Waals surface area contributed by atoms with E-state index in [1.807, 2.05) is 0 Å². The van der Waals surface area contributed by atoms with E-state index >= 15 is 0 Å². The maximum atomic E-state index is 13.2. The molecular weight excluding hydrogens is 323 g/mol. The molecular formula is C13H17BrF3NO. The van der Waals surface area contributed by atoms with Crippen molar-refractivity contribution in [3.05, 3.63) is 27.2 Å². The summed E-state index contributed by atoms with van der Waals surface area (Å²) in [4.78, 5) is 0. The Labute approximate surface area is 119 Å². The van der Waals surface area contributed by atoms with Gasteiger partial charge in [0, 0.05) is 10.0 Å². The zero-order valence-electron chi connectivity index (χ0n) is 11.3. The van der Waals surface area contributed by atoms with Crippen LogP contribution >= 0.6 is 15.9 Å². The molecule has 0 spiro atoms. The number of aryl methyl sites for hydroxylation is 1. The van der Waals surface area contributed by atoms with Crippen LogP contribution in [0.2, 0.25) is 0 Å². The van der Waals surface area contributed by atoms with Crippen molar-refractivity contribution in [1.29, 1.82) is 0 Å². The van der Waals surface area contributed by atoms with Crippen molar-refractivity contribution in [2.75, 3.05) is 13.7 Å². The van der Waals surface area contributed by atoms with E-state index in [1.54, 1.807) is 26.8 Å². The van der Waals surface area contributed by atoms with E-state index in [-0.39, 0.29) is 17.9 Å². The molecule has 0 radical (unpaired) electrons. The largest absolute Gasteiger partial charge is 0.496 e. The Hall–Kier alpha value is -0.750. The number of ether oxygens (including phenoxy) is 1. The highest BCUT2D eigenvalue weighted by Crippen LogP contribution is 2.42. The Balaban J connectivity index is 3.52. The summed E-state index contributed by atoms with van der Waals surface area (Å²) in [6.07, 6.45) is -4.37. The molecule has 0 aliphatic carbocycles. The van der Waals surface area contributed by atoms with Gasteiger partial charge in [0.25, 0.3) is 0 Å². The molecule has 1 N–H and O–H groups in total. The molecule has 1 rings (SSSR count). The summed E-state index contributed by atoms with van der Waals surface area (Å²) in [7, 11) is 1.39. The van der Waals surface area contributed by atoms with Gasteiger partial charge in [-0.05, 0) is 37.6 Å². The SMILES string of the molecule is CCNC(c1c(C)c(Br)cc(C)c1OC)C(F)(F)F. The van der Waals surface area contributed by atoms with E-state index in [0.717, 1.165) is 0 Å². The second kappa shape index (κ2) is 6.13. The van der Waals surface area contributed by atoms with Gasteiger partial charge in [-0.25, -0.2) is 0 Å². The maximum absolute atomic E-state index is 13.2. The van der Waals surface area contributed by atoms with Crippen LogP contribution in [0.3, 0.4) is 0 Å². The van der Waals surface area contributed by atoms with Crippen LogP contribution in [0.5, 0.6) is 5.75 Å². The third-order valence-corrected chi connectivity index (χ3v) is 3.76. The van der Waals surface area contributed by atoms with Gasteiger partial charge in [-0.3, -0.25) is 0 Å². The van der Waals surface area contributed by atoms with E-state index in [4.69, 9.17) is 4.74 Å². The van der Waals surface area contributed by atoms with Gasteiger partial charge in [0.05, 0.1) is 7.11 Å². The van der Waals surface area contributed by atoms with Crippen molar-refractivity contribution in [2.24, 2.45) is 0 Å². The average molecular weight is 340 g/mol. The normalized spacial score (nSPS) is 13.5. The molecule has 108 valence electrons. The lowest BCUT2D eigenvalue weighted by Crippen LogP contribution is -2.35. The second-order valence-electron chi connectivity index (χ2n) is 4.28. The van der Waals surface area contributed by atoms with Gasteiger partial charge in [-0.2, -0.15) is 13.2 Å². The first kappa shape index (κ1) is 16.3. The lowest BCUT2D eigenvalue weighted by atomic mass is 9.96. The van der Waals surface area contributed by atoms with Crippen LogP contribution in [0.15, 0.2) is 10.5 Å². The highest BCUT2D eigenvalue weighted by molar-refractivity contribution is 9.10. The molecule has 0 aliphatic heterocycles. The number of methoxy groups -OCH3 is 1. The van der Waals surface area contributed by atoms with Crippen molar-refractivity contribution in [3.8, 4) is 5.75 Å². The summed E-state index contributed by atoms with van der Waals surface area (Å²) < 4.78 is 45.5. The van der Waals surface area contributed by atoms with Crippen molar-refractivity contribution >= 4 is 15.9 Å². The lowest BCUT2D eigenvalue weighted by molar-refractivity contribution is -0.157. The van der Waals surface area contributed by atoms with Crippen molar-refractivity contribution in [2.45, 2.75) is 33.0 Å². The number of rotatable bonds is 4. The molecule has 0 heterocycles. The van der Waals surface area contributed by atoms with Crippen LogP contribution in [0.25, 0.3) is 0 Å². The Bertz CT molecular complexity index is 460. The van der Waals surface area contributed by atoms with E-state index in [2.05, 4.69) is 21.2 Å². The van der Waals surface area contributed by atoms with Gasteiger partial charge in [-0.1, -0.05) is 22.9 Å². The van der Waals surface area contributed by atoms with Gasteiger partial charge in [0.1, 0.15) is 11.8 Å². The highest BCUT2D eigenvalue weighted by Gasteiger charge is 2.43. The first-order chi connectivity index (χ1) is 8.73. The predicted octanol–water partition coefficient (Wildman–Crippen LogP) is 4.29. The van der Waals surface area contributed by atoms with Gasteiger partial charge in [0.15, 0.2) is 0 Å². The van der Waals surface area contributed by atoms with Crippen LogP contribution in [-0.4, -0.2) is 19.8 Å². The fourth-order valence-electron chi connectivity index (χ4n) is 2.08. The first-order valence-electron chi connectivity index (χ1n) is 5.87. The van der Waals surface area contributed by atoms with Crippen LogP contribution in [0, 0.1) is 13.8 Å². The molecule has 19 heavy (non-hydrogen) atoms. The Morgan fingerprint density at radius 2 is 1.95 bits per heavy atom. The topological polar surface area (TPSA) is 21.3 Å². The van der Waals surface area contributed by atoms with Crippen LogP contribution in [0.4, 0.5) is 13.2 Å². The number of hydrogen-bond donors (Lipinski definition) is 1. The third-order valence-electron chi connectivity index (χ3n) is 2.94. The summed E-state index contributed by atoms with van der Waals surface area (Å²) in [6.45, 7) is 5.24. The fraction of sp³-hybridized carbons (Fsp3) is 0.538. The molecule has 1 unspecified atom stereocenters. The van der Waals surface area contributed by atoms with Gasteiger partial charge >= 0.3 is 6.18 Å². The standard InChI is InChI=1S/C13H17BrF3NO/c1-5-18-12(13(15,16)17)10-8(3)9(14)6-7(2)11(10)19-4/h6,12,18H,5H2,1-4H3. The maximum Gasteiger partial charge on any atom is 0.408 e. The molecule has 0 saturated heterocycles. The summed E-state index contributed by atoms with van der Waals surface area (Å²) >= 11 is 3.30. The average Bonchev–Trinajstić information content (AvgIpc) is 2.29. The molecule has 0 bridgehead atoms. The highest BCUT2D eigenvalue weighted by atomic mass is 79.9. The van der Waals surface area contributed by atoms with Crippen molar-refractivity contribution < 1.29 is 17.9 Å². The zero-order chi connectivity index (χ0) is 14.8. The smallest absolute Gasteiger partial charge is 0.408 e. The minimum atomic E-state index is -4.37. The number of benzene rings is 1. The molecule has 0 aromatic heterocycles. The molecule has 6 heteroatoms. The van der Waals surface area contributed by atoms with E-state index in [1.165, 1.54) is 7.11 Å². The molecule has 1 atom stereocenters. The van der Waals surface area contributed by atoms with E-state index < -0.39 is 12.2 Å². The Morgan fingerprint density at radius 3 is 2.37 bits per heavy atom.